The van der Waals surface area contributed by atoms with Crippen LogP contribution < -0.4 is 10.2 Å². The first-order valence-corrected chi connectivity index (χ1v) is 7.82. The van der Waals surface area contributed by atoms with Crippen LogP contribution in [0.4, 0.5) is 5.82 Å². The van der Waals surface area contributed by atoms with Gasteiger partial charge in [-0.3, -0.25) is 4.79 Å². The molecule has 22 heavy (non-hydrogen) atoms. The number of carbonyl (C=O) groups excluding carboxylic acids is 1. The Labute approximate surface area is 131 Å². The van der Waals surface area contributed by atoms with Gasteiger partial charge in [0.2, 0.25) is 0 Å². The molecule has 1 atom stereocenters. The molecule has 1 aromatic rings. The first-order chi connectivity index (χ1) is 10.5. The van der Waals surface area contributed by atoms with Gasteiger partial charge in [0, 0.05) is 25.8 Å². The predicted molar refractivity (Wildman–Crippen MR) is 85.1 cm³/mol. The zero-order valence-electron chi connectivity index (χ0n) is 13.3. The van der Waals surface area contributed by atoms with Crippen molar-refractivity contribution in [3.8, 4) is 0 Å². The third kappa shape index (κ3) is 4.42. The number of amides is 1. The second-order valence-electron chi connectivity index (χ2n) is 5.90. The van der Waals surface area contributed by atoms with Crippen LogP contribution in [0.25, 0.3) is 0 Å². The third-order valence-corrected chi connectivity index (χ3v) is 3.76. The summed E-state index contributed by atoms with van der Waals surface area (Å²) in [6.07, 6.45) is 3.21. The molecule has 0 aromatic carbocycles. The Bertz CT molecular complexity index is 499. The molecule has 2 N–H and O–H groups in total. The number of morpholine rings is 1. The van der Waals surface area contributed by atoms with Gasteiger partial charge in [-0.1, -0.05) is 13.3 Å². The second-order valence-corrected chi connectivity index (χ2v) is 5.90. The Morgan fingerprint density at radius 1 is 1.50 bits per heavy atom. The number of nitrogens with one attached hydrogen (secondary N) is 1. The van der Waals surface area contributed by atoms with Crippen molar-refractivity contribution in [1.29, 1.82) is 0 Å². The zero-order valence-corrected chi connectivity index (χ0v) is 13.3. The highest BCUT2D eigenvalue weighted by atomic mass is 16.5. The van der Waals surface area contributed by atoms with Crippen molar-refractivity contribution < 1.29 is 14.6 Å². The Morgan fingerprint density at radius 3 is 2.91 bits per heavy atom. The van der Waals surface area contributed by atoms with Crippen LogP contribution in [-0.2, 0) is 4.74 Å². The molecule has 0 radical (unpaired) electrons. The number of aromatic nitrogens is 1. The van der Waals surface area contributed by atoms with E-state index in [0.29, 0.717) is 31.0 Å². The Hall–Kier alpha value is -1.66. The first kappa shape index (κ1) is 16.7. The first-order valence-electron chi connectivity index (χ1n) is 7.82. The summed E-state index contributed by atoms with van der Waals surface area (Å²) < 4.78 is 5.34. The normalized spacial score (nSPS) is 17.9. The summed E-state index contributed by atoms with van der Waals surface area (Å²) in [5, 5.41) is 13.0. The molecule has 6 nitrogen and oxygen atoms in total. The maximum atomic E-state index is 12.4. The quantitative estimate of drug-likeness (QED) is 0.826. The monoisotopic (exact) mass is 307 g/mol. The fraction of sp³-hybridized carbons (Fsp3) is 0.625. The largest absolute Gasteiger partial charge is 0.388 e. The fourth-order valence-corrected chi connectivity index (χ4v) is 2.59. The van der Waals surface area contributed by atoms with Crippen molar-refractivity contribution in [3.05, 3.63) is 23.9 Å². The number of carbonyl (C=O) groups is 1. The molecule has 1 aliphatic rings. The van der Waals surface area contributed by atoms with Crippen molar-refractivity contribution in [2.24, 2.45) is 0 Å². The number of anilines is 1. The molecule has 2 heterocycles. The van der Waals surface area contributed by atoms with E-state index in [1.807, 2.05) is 6.92 Å². The molecule has 1 aliphatic heterocycles. The van der Waals surface area contributed by atoms with Crippen LogP contribution >= 0.6 is 0 Å². The molecule has 1 unspecified atom stereocenters. The summed E-state index contributed by atoms with van der Waals surface area (Å²) in [7, 11) is 0. The van der Waals surface area contributed by atoms with Gasteiger partial charge >= 0.3 is 0 Å². The van der Waals surface area contributed by atoms with E-state index >= 15 is 0 Å². The highest BCUT2D eigenvalue weighted by Crippen LogP contribution is 2.19. The van der Waals surface area contributed by atoms with Crippen LogP contribution in [0.5, 0.6) is 0 Å². The molecular formula is C16H25N3O3. The van der Waals surface area contributed by atoms with E-state index in [4.69, 9.17) is 4.74 Å². The van der Waals surface area contributed by atoms with Gasteiger partial charge < -0.3 is 20.1 Å². The maximum absolute atomic E-state index is 12.4. The van der Waals surface area contributed by atoms with Gasteiger partial charge in [-0.25, -0.2) is 4.98 Å². The lowest BCUT2D eigenvalue weighted by atomic mass is 10.0. The highest BCUT2D eigenvalue weighted by Gasteiger charge is 2.23. The van der Waals surface area contributed by atoms with Crippen LogP contribution in [0.15, 0.2) is 18.3 Å². The third-order valence-electron chi connectivity index (χ3n) is 3.76. The molecular weight excluding hydrogens is 282 g/mol. The number of nitrogens with zero attached hydrogens (tertiary/aromatic N) is 2. The van der Waals surface area contributed by atoms with Crippen molar-refractivity contribution in [3.63, 3.8) is 0 Å². The molecule has 0 aliphatic carbocycles. The summed E-state index contributed by atoms with van der Waals surface area (Å²) in [4.78, 5) is 18.8. The molecule has 1 amide bonds. The highest BCUT2D eigenvalue weighted by molar-refractivity contribution is 5.98. The minimum atomic E-state index is -0.883. The number of rotatable bonds is 6. The van der Waals surface area contributed by atoms with Gasteiger partial charge in [-0.05, 0) is 25.5 Å². The van der Waals surface area contributed by atoms with E-state index in [-0.39, 0.29) is 12.5 Å². The lowest BCUT2D eigenvalue weighted by Crippen LogP contribution is -2.42. The van der Waals surface area contributed by atoms with Crippen LogP contribution in [-0.4, -0.2) is 54.4 Å². The number of hydrogen-bond donors (Lipinski definition) is 2. The SMILES string of the molecule is CCCC(C)(O)CNC(=O)c1cccnc1N1CCOCC1. The summed E-state index contributed by atoms with van der Waals surface area (Å²) in [6, 6.07) is 3.52. The van der Waals surface area contributed by atoms with Gasteiger partial charge in [0.1, 0.15) is 5.82 Å². The Balaban J connectivity index is 2.06. The van der Waals surface area contributed by atoms with E-state index in [1.54, 1.807) is 25.3 Å². The van der Waals surface area contributed by atoms with Crippen LogP contribution in [0.3, 0.4) is 0 Å². The molecule has 0 saturated carbocycles. The predicted octanol–water partition coefficient (Wildman–Crippen LogP) is 1.20. The van der Waals surface area contributed by atoms with Gasteiger partial charge in [-0.15, -0.1) is 0 Å². The number of ether oxygens (including phenoxy) is 1. The van der Waals surface area contributed by atoms with Gasteiger partial charge in [0.05, 0.1) is 24.4 Å². The molecule has 0 spiro atoms. The average Bonchev–Trinajstić information content (AvgIpc) is 2.53. The van der Waals surface area contributed by atoms with E-state index in [9.17, 15) is 9.90 Å². The molecule has 6 heteroatoms. The summed E-state index contributed by atoms with van der Waals surface area (Å²) in [5.41, 5.74) is -0.345. The summed E-state index contributed by atoms with van der Waals surface area (Å²) in [5.74, 6) is 0.476. The van der Waals surface area contributed by atoms with Crippen molar-refractivity contribution in [2.45, 2.75) is 32.3 Å². The molecule has 2 rings (SSSR count). The van der Waals surface area contributed by atoms with Crippen molar-refractivity contribution in [2.75, 3.05) is 37.7 Å². The second kappa shape index (κ2) is 7.56. The number of pyridine rings is 1. The van der Waals surface area contributed by atoms with E-state index in [0.717, 1.165) is 19.5 Å². The van der Waals surface area contributed by atoms with Gasteiger partial charge in [0.15, 0.2) is 0 Å². The standard InChI is InChI=1S/C16H25N3O3/c1-3-6-16(2,21)12-18-15(20)13-5-4-7-17-14(13)19-8-10-22-11-9-19/h4-5,7,21H,3,6,8-12H2,1-2H3,(H,18,20). The average molecular weight is 307 g/mol. The molecule has 122 valence electrons. The Kier molecular flexibility index (Phi) is 5.74. The summed E-state index contributed by atoms with van der Waals surface area (Å²) >= 11 is 0. The van der Waals surface area contributed by atoms with Gasteiger partial charge in [0.25, 0.3) is 5.91 Å². The lowest BCUT2D eigenvalue weighted by molar-refractivity contribution is 0.0469. The van der Waals surface area contributed by atoms with Crippen LogP contribution in [0.1, 0.15) is 37.0 Å². The fourth-order valence-electron chi connectivity index (χ4n) is 2.59. The van der Waals surface area contributed by atoms with E-state index in [1.165, 1.54) is 0 Å². The number of hydrogen-bond acceptors (Lipinski definition) is 5. The van der Waals surface area contributed by atoms with E-state index in [2.05, 4.69) is 15.2 Å². The number of aliphatic hydroxyl groups is 1. The maximum Gasteiger partial charge on any atom is 0.255 e. The smallest absolute Gasteiger partial charge is 0.255 e. The molecule has 1 fully saturated rings. The Morgan fingerprint density at radius 2 is 2.23 bits per heavy atom. The van der Waals surface area contributed by atoms with Crippen molar-refractivity contribution in [1.82, 2.24) is 10.3 Å². The van der Waals surface area contributed by atoms with Gasteiger partial charge in [-0.2, -0.15) is 0 Å². The van der Waals surface area contributed by atoms with E-state index < -0.39 is 5.60 Å². The zero-order chi connectivity index (χ0) is 16.0. The minimum absolute atomic E-state index is 0.203. The van der Waals surface area contributed by atoms with Crippen molar-refractivity contribution >= 4 is 11.7 Å². The van der Waals surface area contributed by atoms with Crippen LogP contribution in [0, 0.1) is 0 Å². The molecule has 1 saturated heterocycles. The minimum Gasteiger partial charge on any atom is -0.388 e. The lowest BCUT2D eigenvalue weighted by Gasteiger charge is -2.29. The molecule has 1 aromatic heterocycles. The molecule has 0 bridgehead atoms. The topological polar surface area (TPSA) is 74.7 Å². The summed E-state index contributed by atoms with van der Waals surface area (Å²) in [6.45, 7) is 6.72. The van der Waals surface area contributed by atoms with Crippen LogP contribution in [0.2, 0.25) is 0 Å².